The number of anilines is 3. The number of fused-ring (bicyclic) bond motifs is 4. The summed E-state index contributed by atoms with van der Waals surface area (Å²) in [6.45, 7) is 2.00. The minimum Gasteiger partial charge on any atom is -0.366 e. The van der Waals surface area contributed by atoms with Gasteiger partial charge in [0.25, 0.3) is 11.8 Å². The van der Waals surface area contributed by atoms with Crippen LogP contribution in [0.25, 0.3) is 0 Å². The molecule has 4 amide bonds. The number of halogens is 3. The molecule has 4 rings (SSSR count). The van der Waals surface area contributed by atoms with E-state index in [2.05, 4.69) is 15.3 Å². The second-order valence-corrected chi connectivity index (χ2v) is 7.87. The summed E-state index contributed by atoms with van der Waals surface area (Å²) in [5, 5.41) is 4.47. The van der Waals surface area contributed by atoms with Crippen LogP contribution in [-0.2, 0) is 0 Å². The number of nitrogens with one attached hydrogen (secondary N) is 3. The van der Waals surface area contributed by atoms with Crippen LogP contribution in [0.2, 0.25) is 0 Å². The molecule has 0 aromatic carbocycles. The smallest absolute Gasteiger partial charge is 0.366 e. The number of carbonyl (C=O) groups is 3. The number of amides is 4. The van der Waals surface area contributed by atoms with Crippen LogP contribution in [0.1, 0.15) is 34.2 Å². The van der Waals surface area contributed by atoms with Crippen LogP contribution in [0.15, 0.2) is 30.5 Å². The molecule has 0 spiro atoms. The lowest BCUT2D eigenvalue weighted by Gasteiger charge is -2.35. The summed E-state index contributed by atoms with van der Waals surface area (Å²) < 4.78 is 38.5. The van der Waals surface area contributed by atoms with Gasteiger partial charge in [-0.15, -0.1) is 0 Å². The van der Waals surface area contributed by atoms with Crippen LogP contribution >= 0.6 is 0 Å². The number of alkyl halides is 3. The van der Waals surface area contributed by atoms with E-state index in [1.54, 1.807) is 6.07 Å². The third kappa shape index (κ3) is 4.44. The van der Waals surface area contributed by atoms with Crippen LogP contribution in [0, 0.1) is 0 Å². The summed E-state index contributed by atoms with van der Waals surface area (Å²) in [4.78, 5) is 49.0. The number of pyridine rings is 2. The molecule has 180 valence electrons. The molecule has 11 nitrogen and oxygen atoms in total. The SMILES string of the molecule is C[C@@H](NC(=O)c1ccc2c(n1)N(C(=O)Nc1cc(C(=O)NN)ccn1)[C@H]1CCN2C1)C(F)(F)F. The Morgan fingerprint density at radius 2 is 1.97 bits per heavy atom. The Labute approximate surface area is 191 Å². The van der Waals surface area contributed by atoms with E-state index in [9.17, 15) is 27.6 Å². The zero-order valence-corrected chi connectivity index (χ0v) is 17.9. The first kappa shape index (κ1) is 23.2. The van der Waals surface area contributed by atoms with Gasteiger partial charge in [0, 0.05) is 24.8 Å². The van der Waals surface area contributed by atoms with Crippen molar-refractivity contribution in [3.8, 4) is 0 Å². The van der Waals surface area contributed by atoms with Gasteiger partial charge in [-0.1, -0.05) is 0 Å². The molecule has 2 aliphatic rings. The highest BCUT2D eigenvalue weighted by molar-refractivity contribution is 6.05. The minimum atomic E-state index is -4.61. The first-order chi connectivity index (χ1) is 16.1. The lowest BCUT2D eigenvalue weighted by atomic mass is 10.1. The van der Waals surface area contributed by atoms with E-state index in [1.165, 1.54) is 29.3 Å². The summed E-state index contributed by atoms with van der Waals surface area (Å²) in [7, 11) is 0. The lowest BCUT2D eigenvalue weighted by molar-refractivity contribution is -0.149. The van der Waals surface area contributed by atoms with Crippen LogP contribution in [0.3, 0.4) is 0 Å². The van der Waals surface area contributed by atoms with Gasteiger partial charge in [-0.3, -0.25) is 25.2 Å². The fourth-order valence-corrected chi connectivity index (χ4v) is 3.84. The molecule has 2 bridgehead atoms. The van der Waals surface area contributed by atoms with Gasteiger partial charge in [-0.05, 0) is 37.6 Å². The van der Waals surface area contributed by atoms with Crippen molar-refractivity contribution in [3.05, 3.63) is 41.7 Å². The average Bonchev–Trinajstić information content (AvgIpc) is 3.21. The van der Waals surface area contributed by atoms with Crippen molar-refractivity contribution < 1.29 is 27.6 Å². The fourth-order valence-electron chi connectivity index (χ4n) is 3.84. The molecule has 2 aromatic rings. The maximum atomic E-state index is 13.2. The number of nitrogens with zero attached hydrogens (tertiary/aromatic N) is 4. The first-order valence-corrected chi connectivity index (χ1v) is 10.3. The minimum absolute atomic E-state index is 0.0842. The number of carbonyl (C=O) groups excluding carboxylic acids is 3. The zero-order valence-electron chi connectivity index (χ0n) is 17.9. The van der Waals surface area contributed by atoms with E-state index in [1.807, 2.05) is 15.6 Å². The van der Waals surface area contributed by atoms with Crippen molar-refractivity contribution in [1.82, 2.24) is 20.7 Å². The molecule has 2 aliphatic heterocycles. The van der Waals surface area contributed by atoms with Crippen molar-refractivity contribution >= 4 is 35.2 Å². The predicted octanol–water partition coefficient (Wildman–Crippen LogP) is 1.39. The van der Waals surface area contributed by atoms with E-state index >= 15 is 0 Å². The molecule has 4 heterocycles. The van der Waals surface area contributed by atoms with Crippen molar-refractivity contribution in [1.29, 1.82) is 0 Å². The largest absolute Gasteiger partial charge is 0.408 e. The Hall–Kier alpha value is -3.94. The third-order valence-electron chi connectivity index (χ3n) is 5.63. The van der Waals surface area contributed by atoms with Gasteiger partial charge in [0.15, 0.2) is 5.82 Å². The van der Waals surface area contributed by atoms with Gasteiger partial charge in [0.1, 0.15) is 17.6 Å². The molecule has 1 saturated heterocycles. The van der Waals surface area contributed by atoms with Crippen molar-refractivity contribution in [2.45, 2.75) is 31.6 Å². The van der Waals surface area contributed by atoms with Gasteiger partial charge in [-0.25, -0.2) is 20.6 Å². The topological polar surface area (TPSA) is 146 Å². The Morgan fingerprint density at radius 3 is 2.68 bits per heavy atom. The van der Waals surface area contributed by atoms with E-state index in [0.717, 1.165) is 6.92 Å². The van der Waals surface area contributed by atoms with Crippen molar-refractivity contribution in [3.63, 3.8) is 0 Å². The second-order valence-electron chi connectivity index (χ2n) is 7.87. The number of hydrogen-bond donors (Lipinski definition) is 4. The monoisotopic (exact) mass is 478 g/mol. The van der Waals surface area contributed by atoms with Gasteiger partial charge in [-0.2, -0.15) is 13.2 Å². The van der Waals surface area contributed by atoms with Gasteiger partial charge < -0.3 is 10.2 Å². The Balaban J connectivity index is 1.61. The highest BCUT2D eigenvalue weighted by Gasteiger charge is 2.41. The molecule has 0 unspecified atom stereocenters. The summed E-state index contributed by atoms with van der Waals surface area (Å²) in [6, 6.07) is 2.67. The molecular formula is C20H21F3N8O3. The maximum absolute atomic E-state index is 13.2. The zero-order chi connectivity index (χ0) is 24.6. The molecule has 2 aromatic heterocycles. The molecule has 0 aliphatic carbocycles. The second kappa shape index (κ2) is 8.78. The van der Waals surface area contributed by atoms with E-state index in [-0.39, 0.29) is 28.9 Å². The summed E-state index contributed by atoms with van der Waals surface area (Å²) >= 11 is 0. The Bertz CT molecular complexity index is 1140. The number of nitrogen functional groups attached to an aromatic ring is 1. The van der Waals surface area contributed by atoms with E-state index in [0.29, 0.717) is 25.2 Å². The number of hydrazine groups is 1. The molecule has 14 heteroatoms. The van der Waals surface area contributed by atoms with Crippen LogP contribution in [0.4, 0.5) is 35.3 Å². The first-order valence-electron chi connectivity index (χ1n) is 10.3. The number of urea groups is 1. The molecule has 34 heavy (non-hydrogen) atoms. The average molecular weight is 478 g/mol. The maximum Gasteiger partial charge on any atom is 0.408 e. The molecular weight excluding hydrogens is 457 g/mol. The number of hydrogen-bond acceptors (Lipinski definition) is 7. The van der Waals surface area contributed by atoms with E-state index < -0.39 is 30.1 Å². The predicted molar refractivity (Wildman–Crippen MR) is 115 cm³/mol. The highest BCUT2D eigenvalue weighted by atomic mass is 19.4. The number of aromatic nitrogens is 2. The highest BCUT2D eigenvalue weighted by Crippen LogP contribution is 2.39. The standard InChI is InChI=1S/C20H21F3N8O3/c1-10(20(21,22)23)26-18(33)13-2-3-14-16(27-13)31(12-5-7-30(14)9-12)19(34)28-15-8-11(4-6-25-15)17(32)29-24/h2-4,6,8,10,12H,5,7,9,24H2,1H3,(H,26,33)(H,29,32)(H,25,28,34)/t10-,12+/m1/s1. The normalized spacial score (nSPS) is 17.6. The summed E-state index contributed by atoms with van der Waals surface area (Å²) in [5.74, 6) is 3.78. The number of rotatable bonds is 4. The Kier molecular flexibility index (Phi) is 6.00. The van der Waals surface area contributed by atoms with Crippen LogP contribution in [0.5, 0.6) is 0 Å². The van der Waals surface area contributed by atoms with Crippen LogP contribution in [-0.4, -0.2) is 59.2 Å². The summed E-state index contributed by atoms with van der Waals surface area (Å²) in [6.07, 6.45) is -2.66. The van der Waals surface area contributed by atoms with Gasteiger partial charge >= 0.3 is 12.2 Å². The molecule has 2 atom stereocenters. The van der Waals surface area contributed by atoms with Gasteiger partial charge in [0.05, 0.1) is 11.7 Å². The molecule has 5 N–H and O–H groups in total. The molecule has 1 fully saturated rings. The molecule has 0 radical (unpaired) electrons. The fraction of sp³-hybridized carbons (Fsp3) is 0.350. The lowest BCUT2D eigenvalue weighted by Crippen LogP contribution is -2.49. The van der Waals surface area contributed by atoms with E-state index in [4.69, 9.17) is 5.84 Å². The van der Waals surface area contributed by atoms with Gasteiger partial charge in [0.2, 0.25) is 0 Å². The summed E-state index contributed by atoms with van der Waals surface area (Å²) in [5.41, 5.74) is 2.48. The molecule has 0 saturated carbocycles. The van der Waals surface area contributed by atoms with Crippen molar-refractivity contribution in [2.75, 3.05) is 28.2 Å². The Morgan fingerprint density at radius 1 is 1.21 bits per heavy atom. The van der Waals surface area contributed by atoms with Crippen molar-refractivity contribution in [2.24, 2.45) is 5.84 Å². The quantitative estimate of drug-likeness (QED) is 0.295. The third-order valence-corrected chi connectivity index (χ3v) is 5.63. The number of nitrogens with two attached hydrogens (primary N) is 1. The van der Waals surface area contributed by atoms with Crippen LogP contribution < -0.4 is 31.7 Å².